The molecule has 0 saturated carbocycles. The molecule has 9 nitrogen and oxygen atoms in total. The Kier molecular flexibility index (Phi) is 7.51. The van der Waals surface area contributed by atoms with E-state index in [1.54, 1.807) is 24.3 Å². The summed E-state index contributed by atoms with van der Waals surface area (Å²) in [6, 6.07) is 5.94. The van der Waals surface area contributed by atoms with Gasteiger partial charge < -0.3 is 20.4 Å². The first-order valence-corrected chi connectivity index (χ1v) is 9.16. The van der Waals surface area contributed by atoms with E-state index in [1.165, 1.54) is 11.8 Å². The summed E-state index contributed by atoms with van der Waals surface area (Å²) in [7, 11) is 0. The summed E-state index contributed by atoms with van der Waals surface area (Å²) in [5.74, 6) is -3.03. The van der Waals surface area contributed by atoms with Crippen LogP contribution in [0.5, 0.6) is 0 Å². The number of anilines is 1. The van der Waals surface area contributed by atoms with Gasteiger partial charge in [-0.2, -0.15) is 0 Å². The van der Waals surface area contributed by atoms with Crippen molar-refractivity contribution in [3.63, 3.8) is 0 Å². The molecular formula is C19H25N3O6. The summed E-state index contributed by atoms with van der Waals surface area (Å²) in [5.41, 5.74) is 0.615. The van der Waals surface area contributed by atoms with Crippen LogP contribution in [0.25, 0.3) is 0 Å². The van der Waals surface area contributed by atoms with Gasteiger partial charge in [-0.3, -0.25) is 19.7 Å². The number of hydrogen-bond acceptors (Lipinski definition) is 5. The lowest BCUT2D eigenvalue weighted by molar-refractivity contribution is -0.149. The first-order valence-electron chi connectivity index (χ1n) is 9.16. The SMILES string of the molecule is C[C@H](N[C@@H](CCC(=O)Nc1ccccc1)C(=O)O)C(=O)N1CCC[C@H]1C(=O)O. The molecule has 4 N–H and O–H groups in total. The van der Waals surface area contributed by atoms with E-state index in [9.17, 15) is 29.4 Å². The van der Waals surface area contributed by atoms with E-state index in [2.05, 4.69) is 10.6 Å². The van der Waals surface area contributed by atoms with Gasteiger partial charge in [0.05, 0.1) is 6.04 Å². The topological polar surface area (TPSA) is 136 Å². The summed E-state index contributed by atoms with van der Waals surface area (Å²) >= 11 is 0. The van der Waals surface area contributed by atoms with Gasteiger partial charge >= 0.3 is 11.9 Å². The monoisotopic (exact) mass is 391 g/mol. The number of nitrogens with zero attached hydrogens (tertiary/aromatic N) is 1. The van der Waals surface area contributed by atoms with E-state index in [4.69, 9.17) is 0 Å². The molecule has 0 unspecified atom stereocenters. The van der Waals surface area contributed by atoms with Crippen LogP contribution in [0.4, 0.5) is 5.69 Å². The molecule has 0 aliphatic carbocycles. The third kappa shape index (κ3) is 5.78. The molecule has 1 fully saturated rings. The minimum atomic E-state index is -1.18. The number of rotatable bonds is 9. The molecule has 1 heterocycles. The lowest BCUT2D eigenvalue weighted by atomic mass is 10.1. The van der Waals surface area contributed by atoms with Crippen LogP contribution in [0, 0.1) is 0 Å². The maximum absolute atomic E-state index is 12.5. The number of para-hydroxylation sites is 1. The van der Waals surface area contributed by atoms with Gasteiger partial charge in [-0.1, -0.05) is 18.2 Å². The number of aliphatic carboxylic acids is 2. The van der Waals surface area contributed by atoms with Crippen molar-refractivity contribution in [2.24, 2.45) is 0 Å². The van der Waals surface area contributed by atoms with Crippen molar-refractivity contribution < 1.29 is 29.4 Å². The number of carboxylic acid groups (broad SMARTS) is 2. The van der Waals surface area contributed by atoms with Crippen LogP contribution in [0.1, 0.15) is 32.6 Å². The fraction of sp³-hybridized carbons (Fsp3) is 0.474. The largest absolute Gasteiger partial charge is 0.480 e. The normalized spacial score (nSPS) is 18.3. The minimum Gasteiger partial charge on any atom is -0.480 e. The smallest absolute Gasteiger partial charge is 0.326 e. The van der Waals surface area contributed by atoms with Gasteiger partial charge in [0.15, 0.2) is 0 Å². The van der Waals surface area contributed by atoms with Crippen molar-refractivity contribution >= 4 is 29.4 Å². The molecule has 3 atom stereocenters. The molecule has 2 rings (SSSR count). The van der Waals surface area contributed by atoms with Crippen molar-refractivity contribution in [3.8, 4) is 0 Å². The van der Waals surface area contributed by atoms with Crippen LogP contribution in [0.3, 0.4) is 0 Å². The Balaban J connectivity index is 1.89. The standard InChI is InChI=1S/C19H25N3O6/c1-12(17(24)22-11-5-8-15(22)19(27)28)20-14(18(25)26)9-10-16(23)21-13-6-3-2-4-7-13/h2-4,6-7,12,14-15,20H,5,8-11H2,1H3,(H,21,23)(H,25,26)(H,27,28)/t12-,14-,15-/m0/s1. The number of benzene rings is 1. The van der Waals surface area contributed by atoms with Crippen molar-refractivity contribution in [2.75, 3.05) is 11.9 Å². The van der Waals surface area contributed by atoms with Crippen molar-refractivity contribution in [1.82, 2.24) is 10.2 Å². The fourth-order valence-corrected chi connectivity index (χ4v) is 3.21. The first kappa shape index (κ1) is 21.4. The molecule has 1 saturated heterocycles. The molecule has 0 bridgehead atoms. The third-order valence-corrected chi connectivity index (χ3v) is 4.66. The molecular weight excluding hydrogens is 366 g/mol. The van der Waals surface area contributed by atoms with Crippen LogP contribution >= 0.6 is 0 Å². The number of amides is 2. The molecule has 1 aliphatic heterocycles. The first-order chi connectivity index (χ1) is 13.3. The Morgan fingerprint density at radius 2 is 1.86 bits per heavy atom. The zero-order valence-corrected chi connectivity index (χ0v) is 15.6. The number of carbonyl (C=O) groups excluding carboxylic acids is 2. The minimum absolute atomic E-state index is 0.00597. The molecule has 28 heavy (non-hydrogen) atoms. The second-order valence-corrected chi connectivity index (χ2v) is 6.76. The van der Waals surface area contributed by atoms with Crippen molar-refractivity contribution in [2.45, 2.75) is 50.7 Å². The highest BCUT2D eigenvalue weighted by Gasteiger charge is 2.36. The molecule has 0 radical (unpaired) electrons. The molecule has 1 aromatic rings. The lowest BCUT2D eigenvalue weighted by Crippen LogP contribution is -2.53. The molecule has 1 aromatic carbocycles. The van der Waals surface area contributed by atoms with E-state index in [0.29, 0.717) is 25.1 Å². The number of hydrogen-bond donors (Lipinski definition) is 4. The van der Waals surface area contributed by atoms with Gasteiger partial charge in [-0.25, -0.2) is 4.79 Å². The second kappa shape index (κ2) is 9.84. The van der Waals surface area contributed by atoms with E-state index in [1.807, 2.05) is 6.07 Å². The van der Waals surface area contributed by atoms with Crippen LogP contribution in [-0.2, 0) is 19.2 Å². The van der Waals surface area contributed by atoms with Crippen LogP contribution in [-0.4, -0.2) is 63.5 Å². The Bertz CT molecular complexity index is 724. The summed E-state index contributed by atoms with van der Waals surface area (Å²) in [5, 5.41) is 24.0. The number of likely N-dealkylation sites (tertiary alicyclic amines) is 1. The predicted molar refractivity (Wildman–Crippen MR) is 101 cm³/mol. The van der Waals surface area contributed by atoms with E-state index in [0.717, 1.165) is 0 Å². The van der Waals surface area contributed by atoms with Crippen LogP contribution < -0.4 is 10.6 Å². The average Bonchev–Trinajstić information content (AvgIpc) is 3.15. The predicted octanol–water partition coefficient (Wildman–Crippen LogP) is 0.912. The number of carboxylic acids is 2. The Hall–Kier alpha value is -2.94. The molecule has 2 amide bonds. The Morgan fingerprint density at radius 3 is 2.46 bits per heavy atom. The number of nitrogens with one attached hydrogen (secondary N) is 2. The third-order valence-electron chi connectivity index (χ3n) is 4.66. The Labute approximate surface area is 162 Å². The summed E-state index contributed by atoms with van der Waals surface area (Å²) in [6.45, 7) is 1.83. The van der Waals surface area contributed by atoms with E-state index < -0.39 is 36.0 Å². The maximum Gasteiger partial charge on any atom is 0.326 e. The average molecular weight is 391 g/mol. The van der Waals surface area contributed by atoms with Gasteiger partial charge in [0.25, 0.3) is 0 Å². The molecule has 152 valence electrons. The van der Waals surface area contributed by atoms with Crippen LogP contribution in [0.15, 0.2) is 30.3 Å². The fourth-order valence-electron chi connectivity index (χ4n) is 3.21. The van der Waals surface area contributed by atoms with Gasteiger partial charge in [0, 0.05) is 18.7 Å². The summed E-state index contributed by atoms with van der Waals surface area (Å²) < 4.78 is 0. The zero-order valence-electron chi connectivity index (χ0n) is 15.6. The van der Waals surface area contributed by atoms with Gasteiger partial charge in [-0.15, -0.1) is 0 Å². The number of carbonyl (C=O) groups is 4. The van der Waals surface area contributed by atoms with Gasteiger partial charge in [-0.05, 0) is 38.3 Å². The quantitative estimate of drug-likeness (QED) is 0.491. The highest BCUT2D eigenvalue weighted by molar-refractivity contribution is 5.91. The highest BCUT2D eigenvalue weighted by Crippen LogP contribution is 2.18. The molecule has 0 spiro atoms. The van der Waals surface area contributed by atoms with Gasteiger partial charge in [0.2, 0.25) is 11.8 Å². The molecule has 0 aromatic heterocycles. The lowest BCUT2D eigenvalue weighted by Gasteiger charge is -2.27. The van der Waals surface area contributed by atoms with Gasteiger partial charge in [0.1, 0.15) is 12.1 Å². The summed E-state index contributed by atoms with van der Waals surface area (Å²) in [6.07, 6.45) is 0.933. The molecule has 1 aliphatic rings. The maximum atomic E-state index is 12.5. The van der Waals surface area contributed by atoms with Crippen molar-refractivity contribution in [3.05, 3.63) is 30.3 Å². The van der Waals surface area contributed by atoms with E-state index >= 15 is 0 Å². The molecule has 9 heteroatoms. The zero-order chi connectivity index (χ0) is 20.7. The summed E-state index contributed by atoms with van der Waals surface area (Å²) in [4.78, 5) is 48.6. The van der Waals surface area contributed by atoms with E-state index in [-0.39, 0.29) is 18.7 Å². The van der Waals surface area contributed by atoms with Crippen LogP contribution in [0.2, 0.25) is 0 Å². The Morgan fingerprint density at radius 1 is 1.18 bits per heavy atom. The van der Waals surface area contributed by atoms with Crippen molar-refractivity contribution in [1.29, 1.82) is 0 Å². The second-order valence-electron chi connectivity index (χ2n) is 6.76. The highest BCUT2D eigenvalue weighted by atomic mass is 16.4.